The Morgan fingerprint density at radius 1 is 0.556 bits per heavy atom. The zero-order valence-electron chi connectivity index (χ0n) is 53.8. The van der Waals surface area contributed by atoms with Crippen molar-refractivity contribution in [1.82, 2.24) is 16.0 Å². The predicted octanol–water partition coefficient (Wildman–Crippen LogP) is 4.47. The van der Waals surface area contributed by atoms with Crippen LogP contribution in [0.5, 0.6) is 0 Å². The second-order valence-electron chi connectivity index (χ2n) is 23.8. The molecule has 0 aliphatic carbocycles. The number of unbranched alkanes of at least 4 members (excludes halogenated alkanes) is 24. The SMILES string of the molecule is CCCCCCCCCCCCCCCC(=O)OC[C@H](COP(=O)(O)OCCNCCO[C@]1(C(=O)O)C[C@H](O)[C@@H](NC(C)=O)[C@H]([C@H](O)[C@@H](CO)O[C@]2(C(=O)O)C[C@H](O)[C@@H](NC(C)=O)[C@H]([C@@H](O)[C@H](O)CO)O2)O1)OC(=O)CCCCCCCCCCCCCCC. The number of rotatable bonds is 54. The van der Waals surface area contributed by atoms with Gasteiger partial charge < -0.3 is 95.2 Å². The van der Waals surface area contributed by atoms with Crippen molar-refractivity contribution < 1.29 is 122 Å². The average molecular weight is 1320 g/mol. The number of carboxylic acid groups (broad SMARTS) is 2. The van der Waals surface area contributed by atoms with Crippen LogP contribution in [-0.4, -0.2) is 218 Å². The van der Waals surface area contributed by atoms with Crippen LogP contribution in [0.3, 0.4) is 0 Å². The molecule has 90 heavy (non-hydrogen) atoms. The summed E-state index contributed by atoms with van der Waals surface area (Å²) in [6.45, 7) is 1.52. The molecule has 0 bridgehead atoms. The van der Waals surface area contributed by atoms with E-state index in [0.717, 1.165) is 65.2 Å². The van der Waals surface area contributed by atoms with Gasteiger partial charge in [-0.15, -0.1) is 0 Å². The molecule has 14 atom stereocenters. The third-order valence-corrected chi connectivity index (χ3v) is 16.9. The van der Waals surface area contributed by atoms with Crippen molar-refractivity contribution in [2.75, 3.05) is 52.7 Å². The molecule has 13 N–H and O–H groups in total. The smallest absolute Gasteiger partial charge is 0.472 e. The van der Waals surface area contributed by atoms with Crippen LogP contribution in [0, 0.1) is 0 Å². The van der Waals surface area contributed by atoms with E-state index in [1.165, 1.54) is 103 Å². The number of nitrogens with one attached hydrogen (secondary N) is 3. The Hall–Kier alpha value is -3.55. The van der Waals surface area contributed by atoms with Gasteiger partial charge in [-0.25, -0.2) is 14.2 Å². The van der Waals surface area contributed by atoms with Crippen molar-refractivity contribution in [1.29, 1.82) is 0 Å². The standard InChI is InChI=1S/C61H112N3O25P/c1-5-7-9-11-13-15-17-19-21-23-25-27-29-31-50(72)82-41-45(86-51(73)32-30-28-26-24-22-20-18-16-14-12-10-8-6-2)42-85-90(80,81)84-36-34-62-33-35-83-60(58(76)77)37-46(69)53(64-44(4)68)57(88-60)55(75)49(40-66)87-61(59(78)79)38-47(70)52(63-43(3)67)56(89-61)54(74)48(71)39-65/h45-49,52-57,62,65-66,69-71,74-75H,5-42H2,1-4H3,(H,63,67)(H,64,68)(H,76,77)(H,78,79)(H,80,81)/t45-,46+,47+,48-,49-,52-,53-,54+,55-,56-,57-,60-,61-/m1/s1. The highest BCUT2D eigenvalue weighted by molar-refractivity contribution is 7.47. The largest absolute Gasteiger partial charge is 0.477 e. The minimum Gasteiger partial charge on any atom is -0.477 e. The number of carbonyl (C=O) groups is 6. The molecule has 0 saturated carbocycles. The first-order chi connectivity index (χ1) is 42.9. The molecular weight excluding hydrogens is 1210 g/mol. The summed E-state index contributed by atoms with van der Waals surface area (Å²) in [6, 6.07) is -3.31. The number of esters is 2. The third kappa shape index (κ3) is 32.5. The molecule has 526 valence electrons. The van der Waals surface area contributed by atoms with E-state index >= 15 is 0 Å². The van der Waals surface area contributed by atoms with E-state index in [1.807, 2.05) is 0 Å². The van der Waals surface area contributed by atoms with Crippen LogP contribution in [0.2, 0.25) is 0 Å². The Balaban J connectivity index is 2.04. The normalized spacial score (nSPS) is 24.2. The molecule has 2 saturated heterocycles. The van der Waals surface area contributed by atoms with E-state index in [2.05, 4.69) is 29.8 Å². The number of hydrogen-bond donors (Lipinski definition) is 13. The summed E-state index contributed by atoms with van der Waals surface area (Å²) in [7, 11) is -4.84. The van der Waals surface area contributed by atoms with Gasteiger partial charge in [-0.1, -0.05) is 168 Å². The van der Waals surface area contributed by atoms with Gasteiger partial charge in [0, 0.05) is 52.6 Å². The molecule has 0 aromatic rings. The van der Waals surface area contributed by atoms with Crippen molar-refractivity contribution in [3.63, 3.8) is 0 Å². The molecule has 2 fully saturated rings. The van der Waals surface area contributed by atoms with Crippen molar-refractivity contribution in [2.24, 2.45) is 0 Å². The van der Waals surface area contributed by atoms with E-state index in [4.69, 9.17) is 37.5 Å². The lowest BCUT2D eigenvalue weighted by atomic mass is 9.87. The summed E-state index contributed by atoms with van der Waals surface area (Å²) < 4.78 is 57.0. The molecule has 2 heterocycles. The van der Waals surface area contributed by atoms with E-state index < -0.39 is 175 Å². The summed E-state index contributed by atoms with van der Waals surface area (Å²) in [6.07, 6.45) is 9.64. The lowest BCUT2D eigenvalue weighted by molar-refractivity contribution is -0.345. The summed E-state index contributed by atoms with van der Waals surface area (Å²) >= 11 is 0. The first kappa shape index (κ1) is 82.5. The molecule has 2 rings (SSSR count). The van der Waals surface area contributed by atoms with E-state index in [0.29, 0.717) is 12.8 Å². The van der Waals surface area contributed by atoms with Gasteiger partial charge >= 0.3 is 31.7 Å². The highest BCUT2D eigenvalue weighted by atomic mass is 31.2. The zero-order chi connectivity index (χ0) is 67.0. The van der Waals surface area contributed by atoms with Gasteiger partial charge in [-0.2, -0.15) is 0 Å². The highest BCUT2D eigenvalue weighted by Crippen LogP contribution is 2.43. The van der Waals surface area contributed by atoms with Gasteiger partial charge in [-0.3, -0.25) is 28.2 Å². The molecule has 0 radical (unpaired) electrons. The van der Waals surface area contributed by atoms with Crippen LogP contribution < -0.4 is 16.0 Å². The first-order valence-corrected chi connectivity index (χ1v) is 34.4. The van der Waals surface area contributed by atoms with Gasteiger partial charge in [0.25, 0.3) is 11.6 Å². The summed E-state index contributed by atoms with van der Waals surface area (Å²) in [5, 5.41) is 104. The average Bonchev–Trinajstić information content (AvgIpc) is 0.783. The molecule has 29 heteroatoms. The number of carbonyl (C=O) groups excluding carboxylic acids is 4. The molecule has 0 aromatic heterocycles. The number of aliphatic hydroxyl groups excluding tert-OH is 7. The Bertz CT molecular complexity index is 2070. The fourth-order valence-electron chi connectivity index (χ4n) is 10.9. The zero-order valence-corrected chi connectivity index (χ0v) is 54.7. The van der Waals surface area contributed by atoms with Gasteiger partial charge in [0.2, 0.25) is 11.8 Å². The van der Waals surface area contributed by atoms with Crippen molar-refractivity contribution >= 4 is 43.5 Å². The molecule has 2 aliphatic heterocycles. The van der Waals surface area contributed by atoms with Gasteiger partial charge in [0.1, 0.15) is 43.2 Å². The van der Waals surface area contributed by atoms with Crippen LogP contribution in [0.15, 0.2) is 0 Å². The molecule has 2 amide bonds. The number of carboxylic acids is 2. The Kier molecular flexibility index (Phi) is 42.7. The predicted molar refractivity (Wildman–Crippen MR) is 326 cm³/mol. The first-order valence-electron chi connectivity index (χ1n) is 32.9. The number of phosphoric ester groups is 1. The maximum atomic E-state index is 13.0. The molecule has 28 nitrogen and oxygen atoms in total. The number of ether oxygens (including phenoxy) is 6. The van der Waals surface area contributed by atoms with Crippen LogP contribution in [0.4, 0.5) is 0 Å². The molecule has 1 unspecified atom stereocenters. The lowest BCUT2D eigenvalue weighted by Crippen LogP contribution is -2.70. The van der Waals surface area contributed by atoms with Crippen LogP contribution in [-0.2, 0) is 70.8 Å². The molecule has 0 aromatic carbocycles. The maximum absolute atomic E-state index is 13.0. The Labute approximate surface area is 531 Å². The monoisotopic (exact) mass is 1320 g/mol. The number of amides is 2. The lowest BCUT2D eigenvalue weighted by Gasteiger charge is -2.49. The van der Waals surface area contributed by atoms with Gasteiger partial charge in [-0.05, 0) is 12.8 Å². The van der Waals surface area contributed by atoms with Crippen molar-refractivity contribution in [3.05, 3.63) is 0 Å². The van der Waals surface area contributed by atoms with E-state index in [-0.39, 0.29) is 25.9 Å². The second kappa shape index (κ2) is 46.5. The van der Waals surface area contributed by atoms with Crippen molar-refractivity contribution in [3.8, 4) is 0 Å². The van der Waals surface area contributed by atoms with Gasteiger partial charge in [0.05, 0.1) is 57.3 Å². The van der Waals surface area contributed by atoms with Crippen LogP contribution in [0.1, 0.15) is 220 Å². The summed E-state index contributed by atoms with van der Waals surface area (Å²) in [4.78, 5) is 86.5. The molecule has 2 aliphatic rings. The van der Waals surface area contributed by atoms with E-state index in [9.17, 15) is 84.2 Å². The fourth-order valence-corrected chi connectivity index (χ4v) is 11.7. The topological polar surface area (TPSA) is 432 Å². The number of aliphatic carboxylic acids is 2. The summed E-state index contributed by atoms with van der Waals surface area (Å²) in [5.74, 6) is -12.6. The quantitative estimate of drug-likeness (QED) is 0.0227. The number of phosphoric acid groups is 1. The van der Waals surface area contributed by atoms with Gasteiger partial charge in [0.15, 0.2) is 6.10 Å². The van der Waals surface area contributed by atoms with Crippen LogP contribution in [0.25, 0.3) is 0 Å². The van der Waals surface area contributed by atoms with Crippen molar-refractivity contribution in [2.45, 2.75) is 299 Å². The minimum absolute atomic E-state index is 0.0830. The fraction of sp³-hybridized carbons (Fsp3) is 0.902. The van der Waals surface area contributed by atoms with E-state index in [1.54, 1.807) is 0 Å². The maximum Gasteiger partial charge on any atom is 0.472 e. The Morgan fingerprint density at radius 3 is 1.40 bits per heavy atom. The highest BCUT2D eigenvalue weighted by Gasteiger charge is 2.60. The second-order valence-corrected chi connectivity index (χ2v) is 25.3. The number of aliphatic hydroxyl groups is 7. The molecule has 0 spiro atoms. The molecular formula is C61H112N3O25P. The minimum atomic E-state index is -4.84. The Morgan fingerprint density at radius 2 is 0.967 bits per heavy atom. The van der Waals surface area contributed by atoms with Crippen LogP contribution >= 0.6 is 7.82 Å². The summed E-state index contributed by atoms with van der Waals surface area (Å²) in [5.41, 5.74) is 0. The number of hydrogen-bond acceptors (Lipinski definition) is 23. The third-order valence-electron chi connectivity index (χ3n) is 16.0.